The minimum atomic E-state index is -4.26. The molecule has 0 saturated carbocycles. The van der Waals surface area contributed by atoms with Crippen LogP contribution in [-0.2, 0) is 29.6 Å². The summed E-state index contributed by atoms with van der Waals surface area (Å²) in [5, 5.41) is 0. The van der Waals surface area contributed by atoms with E-state index in [4.69, 9.17) is 13.3 Å². The van der Waals surface area contributed by atoms with E-state index in [1.165, 1.54) is 18.7 Å². The Labute approximate surface area is 227 Å². The maximum atomic E-state index is 13.6. The van der Waals surface area contributed by atoms with Gasteiger partial charge in [0, 0.05) is 12.1 Å². The number of unbranched alkanes of at least 4 members (excludes halogenated alkanes) is 1. The van der Waals surface area contributed by atoms with Gasteiger partial charge in [-0.15, -0.1) is 0 Å². The van der Waals surface area contributed by atoms with Crippen molar-refractivity contribution in [2.45, 2.75) is 44.2 Å². The third-order valence-corrected chi connectivity index (χ3v) is 7.39. The second-order valence-electron chi connectivity index (χ2n) is 9.02. The molecule has 0 atom stereocenters. The van der Waals surface area contributed by atoms with Crippen LogP contribution in [0, 0.1) is 5.82 Å². The second-order valence-corrected chi connectivity index (χ2v) is 10.6. The highest BCUT2D eigenvalue weighted by Gasteiger charge is 2.22. The van der Waals surface area contributed by atoms with E-state index in [2.05, 4.69) is 6.92 Å². The Hall–Kier alpha value is -4.11. The summed E-state index contributed by atoms with van der Waals surface area (Å²) < 4.78 is 55.1. The van der Waals surface area contributed by atoms with Gasteiger partial charge in [-0.25, -0.2) is 4.39 Å². The molecule has 9 heteroatoms. The zero-order valence-electron chi connectivity index (χ0n) is 21.8. The summed E-state index contributed by atoms with van der Waals surface area (Å²) in [6.45, 7) is 2.49. The van der Waals surface area contributed by atoms with Crippen LogP contribution in [0.15, 0.2) is 94.4 Å². The predicted octanol–water partition coefficient (Wildman–Crippen LogP) is 6.38. The number of methoxy groups -OCH3 is 1. The molecule has 4 aromatic rings. The molecule has 1 heterocycles. The number of rotatable bonds is 12. The topological polar surface area (TPSA) is 86.0 Å². The van der Waals surface area contributed by atoms with Gasteiger partial charge in [-0.2, -0.15) is 8.42 Å². The number of furan rings is 1. The van der Waals surface area contributed by atoms with Gasteiger partial charge in [-0.1, -0.05) is 31.5 Å². The van der Waals surface area contributed by atoms with E-state index in [9.17, 15) is 17.6 Å². The van der Waals surface area contributed by atoms with Gasteiger partial charge in [0.05, 0.1) is 19.9 Å². The average molecular weight is 552 g/mol. The van der Waals surface area contributed by atoms with Gasteiger partial charge in [-0.05, 0) is 84.6 Å². The molecular weight excluding hydrogens is 521 g/mol. The number of amides is 1. The van der Waals surface area contributed by atoms with E-state index < -0.39 is 15.9 Å². The first-order valence-electron chi connectivity index (χ1n) is 12.6. The van der Waals surface area contributed by atoms with Crippen molar-refractivity contribution in [2.75, 3.05) is 7.11 Å². The van der Waals surface area contributed by atoms with Crippen molar-refractivity contribution in [2.24, 2.45) is 0 Å². The van der Waals surface area contributed by atoms with E-state index in [-0.39, 0.29) is 35.4 Å². The Morgan fingerprint density at radius 1 is 0.923 bits per heavy atom. The third kappa shape index (κ3) is 7.26. The number of benzene rings is 3. The van der Waals surface area contributed by atoms with Gasteiger partial charge in [0.2, 0.25) is 0 Å². The number of aryl methyl sites for hydroxylation is 1. The van der Waals surface area contributed by atoms with E-state index in [0.29, 0.717) is 16.9 Å². The van der Waals surface area contributed by atoms with Gasteiger partial charge in [0.1, 0.15) is 16.5 Å². The van der Waals surface area contributed by atoms with E-state index >= 15 is 0 Å². The molecule has 4 rings (SSSR count). The van der Waals surface area contributed by atoms with Crippen molar-refractivity contribution in [3.8, 4) is 11.5 Å². The summed E-state index contributed by atoms with van der Waals surface area (Å²) in [4.78, 5) is 15.0. The predicted molar refractivity (Wildman–Crippen MR) is 145 cm³/mol. The number of carbonyl (C=O) groups excluding carboxylic acids is 1. The summed E-state index contributed by atoms with van der Waals surface area (Å²) >= 11 is 0. The van der Waals surface area contributed by atoms with Gasteiger partial charge < -0.3 is 18.2 Å². The summed E-state index contributed by atoms with van der Waals surface area (Å²) in [5.74, 6) is -0.0242. The Balaban J connectivity index is 1.60. The SMILES string of the molecule is CCCCc1ccc(C(=O)N(Cc2ccc(OC)c(OS(=O)(=O)c3ccc(F)cc3)c2)Cc2ccco2)cc1. The number of nitrogens with zero attached hydrogens (tertiary/aromatic N) is 1. The number of hydrogen-bond donors (Lipinski definition) is 0. The standard InChI is InChI=1S/C30H30FNO6S/c1-3-4-6-22-8-11-24(12-9-22)30(33)32(21-26-7-5-18-37-26)20-23-10-17-28(36-2)29(19-23)38-39(34,35)27-15-13-25(31)14-16-27/h5,7-19H,3-4,6,20-21H2,1-2H3. The lowest BCUT2D eigenvalue weighted by Gasteiger charge is -2.23. The Morgan fingerprint density at radius 3 is 2.28 bits per heavy atom. The van der Waals surface area contributed by atoms with Gasteiger partial charge in [0.15, 0.2) is 11.5 Å². The molecule has 3 aromatic carbocycles. The average Bonchev–Trinajstić information content (AvgIpc) is 3.45. The van der Waals surface area contributed by atoms with Crippen molar-refractivity contribution in [3.63, 3.8) is 0 Å². The normalized spacial score (nSPS) is 11.3. The van der Waals surface area contributed by atoms with Crippen molar-refractivity contribution < 1.29 is 30.9 Å². The van der Waals surface area contributed by atoms with Crippen molar-refractivity contribution in [1.82, 2.24) is 4.90 Å². The molecule has 0 saturated heterocycles. The van der Waals surface area contributed by atoms with Gasteiger partial charge in [0.25, 0.3) is 5.91 Å². The molecule has 0 N–H and O–H groups in total. The lowest BCUT2D eigenvalue weighted by Crippen LogP contribution is -2.30. The largest absolute Gasteiger partial charge is 0.493 e. The minimum Gasteiger partial charge on any atom is -0.493 e. The van der Waals surface area contributed by atoms with Crippen LogP contribution in [0.2, 0.25) is 0 Å². The van der Waals surface area contributed by atoms with Crippen LogP contribution in [0.1, 0.15) is 47.0 Å². The molecule has 1 aromatic heterocycles. The zero-order valence-corrected chi connectivity index (χ0v) is 22.6. The third-order valence-electron chi connectivity index (χ3n) is 6.14. The minimum absolute atomic E-state index is 0.0509. The number of halogens is 1. The van der Waals surface area contributed by atoms with Crippen molar-refractivity contribution in [3.05, 3.63) is 113 Å². The monoisotopic (exact) mass is 551 g/mol. The van der Waals surface area contributed by atoms with Gasteiger partial charge in [-0.3, -0.25) is 4.79 Å². The summed E-state index contributed by atoms with van der Waals surface area (Å²) in [5.41, 5.74) is 2.32. The fourth-order valence-corrected chi connectivity index (χ4v) is 4.97. The molecule has 1 amide bonds. The maximum Gasteiger partial charge on any atom is 0.339 e. The zero-order chi connectivity index (χ0) is 27.8. The molecule has 0 aliphatic carbocycles. The fraction of sp³-hybridized carbons (Fsp3) is 0.233. The highest BCUT2D eigenvalue weighted by atomic mass is 32.2. The van der Waals surface area contributed by atoms with Crippen LogP contribution in [-0.4, -0.2) is 26.3 Å². The Bertz CT molecular complexity index is 1480. The Morgan fingerprint density at radius 2 is 1.64 bits per heavy atom. The molecule has 0 bridgehead atoms. The molecule has 204 valence electrons. The molecular formula is C30H30FNO6S. The summed E-state index contributed by atoms with van der Waals surface area (Å²) in [6, 6.07) is 20.2. The molecule has 7 nitrogen and oxygen atoms in total. The van der Waals surface area contributed by atoms with Crippen LogP contribution < -0.4 is 8.92 Å². The lowest BCUT2D eigenvalue weighted by molar-refractivity contribution is 0.0717. The van der Waals surface area contributed by atoms with Crippen LogP contribution in [0.4, 0.5) is 4.39 Å². The molecule has 0 radical (unpaired) electrons. The van der Waals surface area contributed by atoms with Crippen LogP contribution in [0.25, 0.3) is 0 Å². The van der Waals surface area contributed by atoms with E-state index in [1.807, 2.05) is 24.3 Å². The molecule has 0 aliphatic rings. The van der Waals surface area contributed by atoms with Crippen LogP contribution >= 0.6 is 0 Å². The van der Waals surface area contributed by atoms with E-state index in [0.717, 1.165) is 43.5 Å². The first-order valence-corrected chi connectivity index (χ1v) is 14.0. The maximum absolute atomic E-state index is 13.6. The summed E-state index contributed by atoms with van der Waals surface area (Å²) in [7, 11) is -2.87. The molecule has 0 unspecified atom stereocenters. The lowest BCUT2D eigenvalue weighted by atomic mass is 10.1. The van der Waals surface area contributed by atoms with Crippen LogP contribution in [0.5, 0.6) is 11.5 Å². The highest BCUT2D eigenvalue weighted by molar-refractivity contribution is 7.87. The molecule has 0 spiro atoms. The van der Waals surface area contributed by atoms with E-state index in [1.54, 1.807) is 35.4 Å². The quantitative estimate of drug-likeness (QED) is 0.190. The van der Waals surface area contributed by atoms with Crippen molar-refractivity contribution >= 4 is 16.0 Å². The number of carbonyl (C=O) groups is 1. The Kier molecular flexibility index (Phi) is 9.03. The summed E-state index contributed by atoms with van der Waals surface area (Å²) in [6.07, 6.45) is 4.67. The number of hydrogen-bond acceptors (Lipinski definition) is 6. The van der Waals surface area contributed by atoms with Crippen molar-refractivity contribution in [1.29, 1.82) is 0 Å². The fourth-order valence-electron chi connectivity index (χ4n) is 4.04. The number of ether oxygens (including phenoxy) is 1. The first kappa shape index (κ1) is 27.9. The molecule has 0 aliphatic heterocycles. The molecule has 0 fully saturated rings. The smallest absolute Gasteiger partial charge is 0.339 e. The first-order chi connectivity index (χ1) is 18.8. The van der Waals surface area contributed by atoms with Gasteiger partial charge >= 0.3 is 10.1 Å². The van der Waals surface area contributed by atoms with Crippen LogP contribution in [0.3, 0.4) is 0 Å². The molecule has 39 heavy (non-hydrogen) atoms. The second kappa shape index (κ2) is 12.6. The highest BCUT2D eigenvalue weighted by Crippen LogP contribution is 2.32.